The largest absolute Gasteiger partial charge is 0.423 e. The first kappa shape index (κ1) is 18.7. The average molecular weight is 372 g/mol. The number of hydrogen-bond donors (Lipinski definition) is 0. The molecule has 1 heterocycles. The summed E-state index contributed by atoms with van der Waals surface area (Å²) in [6.07, 6.45) is 8.36. The van der Waals surface area contributed by atoms with Crippen molar-refractivity contribution in [3.63, 3.8) is 0 Å². The van der Waals surface area contributed by atoms with Gasteiger partial charge < -0.3 is 4.74 Å². The van der Waals surface area contributed by atoms with E-state index in [0.29, 0.717) is 11.3 Å². The zero-order chi connectivity index (χ0) is 19.8. The minimum absolute atomic E-state index is 0.00286. The summed E-state index contributed by atoms with van der Waals surface area (Å²) in [7, 11) is 0. The Kier molecular flexibility index (Phi) is 6.05. The number of non-ortho nitro benzene ring substituents is 1. The predicted octanol–water partition coefficient (Wildman–Crippen LogP) is 4.78. The number of benzene rings is 2. The van der Waals surface area contributed by atoms with Crippen molar-refractivity contribution in [2.45, 2.75) is 0 Å². The van der Waals surface area contributed by atoms with E-state index in [2.05, 4.69) is 4.98 Å². The van der Waals surface area contributed by atoms with E-state index in [0.717, 1.165) is 11.3 Å². The van der Waals surface area contributed by atoms with E-state index in [1.54, 1.807) is 30.5 Å². The Hall–Kier alpha value is -4.06. The molecule has 138 valence electrons. The number of carbonyl (C=O) groups is 1. The van der Waals surface area contributed by atoms with Gasteiger partial charge in [-0.15, -0.1) is 0 Å². The van der Waals surface area contributed by atoms with Crippen molar-refractivity contribution in [2.75, 3.05) is 0 Å². The van der Waals surface area contributed by atoms with E-state index >= 15 is 0 Å². The summed E-state index contributed by atoms with van der Waals surface area (Å²) in [6, 6.07) is 18.6. The molecule has 3 rings (SSSR count). The van der Waals surface area contributed by atoms with Gasteiger partial charge in [-0.2, -0.15) is 0 Å². The van der Waals surface area contributed by atoms with E-state index < -0.39 is 10.9 Å². The molecule has 0 bridgehead atoms. The fourth-order valence-corrected chi connectivity index (χ4v) is 2.32. The van der Waals surface area contributed by atoms with Crippen LogP contribution < -0.4 is 4.74 Å². The van der Waals surface area contributed by atoms with Gasteiger partial charge >= 0.3 is 5.97 Å². The van der Waals surface area contributed by atoms with Gasteiger partial charge in [0.05, 0.1) is 10.6 Å². The molecule has 0 amide bonds. The van der Waals surface area contributed by atoms with E-state index in [4.69, 9.17) is 4.74 Å². The number of carbonyl (C=O) groups excluding carboxylic acids is 1. The van der Waals surface area contributed by atoms with Gasteiger partial charge in [0, 0.05) is 24.4 Å². The highest BCUT2D eigenvalue weighted by Gasteiger charge is 2.04. The Morgan fingerprint density at radius 1 is 0.893 bits per heavy atom. The molecule has 28 heavy (non-hydrogen) atoms. The lowest BCUT2D eigenvalue weighted by Crippen LogP contribution is -2.03. The lowest BCUT2D eigenvalue weighted by molar-refractivity contribution is -0.384. The van der Waals surface area contributed by atoms with Crippen LogP contribution in [0.3, 0.4) is 0 Å². The Labute approximate surface area is 161 Å². The summed E-state index contributed by atoms with van der Waals surface area (Å²) in [6.45, 7) is 0. The summed E-state index contributed by atoms with van der Waals surface area (Å²) in [5.41, 5.74) is 2.47. The third-order valence-corrected chi connectivity index (χ3v) is 3.75. The van der Waals surface area contributed by atoms with Crippen molar-refractivity contribution >= 4 is 29.9 Å². The second-order valence-electron chi connectivity index (χ2n) is 5.76. The van der Waals surface area contributed by atoms with Crippen molar-refractivity contribution in [1.82, 2.24) is 4.98 Å². The molecule has 0 atom stereocenters. The Morgan fingerprint density at radius 3 is 2.21 bits per heavy atom. The number of esters is 1. The molecule has 6 nitrogen and oxygen atoms in total. The highest BCUT2D eigenvalue weighted by molar-refractivity contribution is 5.88. The summed E-state index contributed by atoms with van der Waals surface area (Å²) in [5, 5.41) is 10.6. The van der Waals surface area contributed by atoms with Crippen LogP contribution in [-0.2, 0) is 4.79 Å². The van der Waals surface area contributed by atoms with Crippen LogP contribution in [-0.4, -0.2) is 15.9 Å². The predicted molar refractivity (Wildman–Crippen MR) is 107 cm³/mol. The van der Waals surface area contributed by atoms with Gasteiger partial charge in [-0.25, -0.2) is 4.79 Å². The first-order valence-electron chi connectivity index (χ1n) is 8.44. The minimum Gasteiger partial charge on any atom is -0.423 e. The molecule has 0 spiro atoms. The van der Waals surface area contributed by atoms with Crippen LogP contribution in [0.25, 0.3) is 18.2 Å². The van der Waals surface area contributed by atoms with Crippen LogP contribution in [0.4, 0.5) is 5.69 Å². The van der Waals surface area contributed by atoms with Crippen LogP contribution in [0.5, 0.6) is 5.75 Å². The summed E-state index contributed by atoms with van der Waals surface area (Å²) >= 11 is 0. The van der Waals surface area contributed by atoms with E-state index in [1.165, 1.54) is 24.3 Å². The van der Waals surface area contributed by atoms with Crippen LogP contribution in [0.1, 0.15) is 16.8 Å². The van der Waals surface area contributed by atoms with Crippen molar-refractivity contribution in [3.8, 4) is 5.75 Å². The third kappa shape index (κ3) is 5.47. The summed E-state index contributed by atoms with van der Waals surface area (Å²) < 4.78 is 5.25. The summed E-state index contributed by atoms with van der Waals surface area (Å²) in [5.74, 6) is -0.108. The Bertz CT molecular complexity index is 1010. The molecule has 0 aliphatic heterocycles. The van der Waals surface area contributed by atoms with Crippen molar-refractivity contribution in [2.24, 2.45) is 0 Å². The zero-order valence-corrected chi connectivity index (χ0v) is 14.8. The standard InChI is InChI=1S/C22H16N2O4/c25-22(15-9-18-5-11-20(12-6-18)24(26)27)28-21-13-7-17(8-14-21)4-10-19-3-1-2-16-23-19/h1-16H/b10-4+,15-9+. The smallest absolute Gasteiger partial charge is 0.336 e. The molecular weight excluding hydrogens is 356 g/mol. The maximum Gasteiger partial charge on any atom is 0.336 e. The number of pyridine rings is 1. The SMILES string of the molecule is O=C(/C=C/c1ccc([N+](=O)[O-])cc1)Oc1ccc(/C=C/c2ccccn2)cc1. The fourth-order valence-electron chi connectivity index (χ4n) is 2.32. The molecule has 0 aliphatic carbocycles. The molecule has 0 fully saturated rings. The average Bonchev–Trinajstić information content (AvgIpc) is 2.73. The number of ether oxygens (including phenoxy) is 1. The summed E-state index contributed by atoms with van der Waals surface area (Å²) in [4.78, 5) is 26.3. The van der Waals surface area contributed by atoms with Gasteiger partial charge in [0.25, 0.3) is 5.69 Å². The molecule has 3 aromatic rings. The topological polar surface area (TPSA) is 82.3 Å². The first-order valence-corrected chi connectivity index (χ1v) is 8.44. The van der Waals surface area contributed by atoms with Crippen molar-refractivity contribution < 1.29 is 14.5 Å². The molecule has 1 aromatic heterocycles. The second-order valence-corrected chi connectivity index (χ2v) is 5.76. The molecule has 0 saturated heterocycles. The normalized spacial score (nSPS) is 11.0. The first-order chi connectivity index (χ1) is 13.6. The maximum atomic E-state index is 11.9. The van der Waals surface area contributed by atoms with Crippen LogP contribution in [0, 0.1) is 10.1 Å². The number of nitro benzene ring substituents is 1. The van der Waals surface area contributed by atoms with Crippen LogP contribution in [0.2, 0.25) is 0 Å². The molecule has 6 heteroatoms. The van der Waals surface area contributed by atoms with Crippen LogP contribution >= 0.6 is 0 Å². The number of nitrogens with zero attached hydrogens (tertiary/aromatic N) is 2. The molecule has 0 radical (unpaired) electrons. The third-order valence-electron chi connectivity index (χ3n) is 3.75. The quantitative estimate of drug-likeness (QED) is 0.204. The van der Waals surface area contributed by atoms with Gasteiger partial charge in [-0.3, -0.25) is 15.1 Å². The molecule has 2 aromatic carbocycles. The van der Waals surface area contributed by atoms with Gasteiger partial charge in [0.2, 0.25) is 0 Å². The molecule has 0 N–H and O–H groups in total. The lowest BCUT2D eigenvalue weighted by atomic mass is 10.2. The number of rotatable bonds is 6. The van der Waals surface area contributed by atoms with Gasteiger partial charge in [0.15, 0.2) is 0 Å². The van der Waals surface area contributed by atoms with Crippen molar-refractivity contribution in [3.05, 3.63) is 106 Å². The Morgan fingerprint density at radius 2 is 1.57 bits per heavy atom. The van der Waals surface area contributed by atoms with Gasteiger partial charge in [-0.1, -0.05) is 24.3 Å². The molecule has 0 unspecified atom stereocenters. The van der Waals surface area contributed by atoms with Crippen molar-refractivity contribution in [1.29, 1.82) is 0 Å². The van der Waals surface area contributed by atoms with Gasteiger partial charge in [-0.05, 0) is 59.7 Å². The molecule has 0 saturated carbocycles. The number of nitro groups is 1. The molecular formula is C22H16N2O4. The number of hydrogen-bond acceptors (Lipinski definition) is 5. The van der Waals surface area contributed by atoms with Crippen LogP contribution in [0.15, 0.2) is 79.0 Å². The van der Waals surface area contributed by atoms with Gasteiger partial charge in [0.1, 0.15) is 5.75 Å². The second kappa shape index (κ2) is 9.05. The highest BCUT2D eigenvalue weighted by atomic mass is 16.6. The van der Waals surface area contributed by atoms with E-state index in [-0.39, 0.29) is 5.69 Å². The van der Waals surface area contributed by atoms with E-state index in [9.17, 15) is 14.9 Å². The highest BCUT2D eigenvalue weighted by Crippen LogP contribution is 2.16. The minimum atomic E-state index is -0.532. The maximum absolute atomic E-state index is 11.9. The zero-order valence-electron chi connectivity index (χ0n) is 14.8. The monoisotopic (exact) mass is 372 g/mol. The Balaban J connectivity index is 1.56. The number of aromatic nitrogens is 1. The fraction of sp³-hybridized carbons (Fsp3) is 0. The molecule has 0 aliphatic rings. The van der Waals surface area contributed by atoms with E-state index in [1.807, 2.05) is 42.5 Å². The lowest BCUT2D eigenvalue weighted by Gasteiger charge is -2.02.